The van der Waals surface area contributed by atoms with Crippen LogP contribution in [0.4, 0.5) is 41.9 Å². The molecule has 0 fully saturated rings. The van der Waals surface area contributed by atoms with Crippen LogP contribution in [0.5, 0.6) is 0 Å². The monoisotopic (exact) mass is 1190 g/mol. The van der Waals surface area contributed by atoms with Gasteiger partial charge in [-0.15, -0.1) is 21.5 Å². The Bertz CT molecular complexity index is 3730. The zero-order valence-corrected chi connectivity index (χ0v) is 53.9. The number of carbonyl (C=O) groups excluding carboxylic acids is 4. The Kier molecular flexibility index (Phi) is 20.3. The van der Waals surface area contributed by atoms with E-state index < -0.39 is 46.8 Å². The number of unbranched alkanes of at least 4 members (excludes halogenated alkanes) is 6. The lowest BCUT2D eigenvalue weighted by molar-refractivity contribution is -0.538. The number of para-hydroxylation sites is 2. The van der Waals surface area contributed by atoms with Crippen molar-refractivity contribution in [3.63, 3.8) is 0 Å². The van der Waals surface area contributed by atoms with Crippen LogP contribution in [0.3, 0.4) is 0 Å². The molecule has 86 heavy (non-hydrogen) atoms. The lowest BCUT2D eigenvalue weighted by Gasteiger charge is -2.28. The van der Waals surface area contributed by atoms with Gasteiger partial charge in [0.05, 0.1) is 22.7 Å². The molecule has 0 radical (unpaired) electrons. The highest BCUT2D eigenvalue weighted by molar-refractivity contribution is 5.97. The summed E-state index contributed by atoms with van der Waals surface area (Å²) in [4.78, 5) is 68.5. The minimum atomic E-state index is -0.729. The molecule has 456 valence electrons. The predicted octanol–water partition coefficient (Wildman–Crippen LogP) is 16.9. The van der Waals surface area contributed by atoms with Crippen LogP contribution < -0.4 is 29.6 Å². The maximum atomic E-state index is 14.3. The Morgan fingerprint density at radius 1 is 0.430 bits per heavy atom. The topological polar surface area (TPSA) is 169 Å². The van der Waals surface area contributed by atoms with Crippen molar-refractivity contribution in [3.05, 3.63) is 131 Å². The van der Waals surface area contributed by atoms with E-state index in [-0.39, 0.29) is 12.4 Å². The van der Waals surface area contributed by atoms with Crippen LogP contribution in [0.1, 0.15) is 150 Å². The van der Waals surface area contributed by atoms with Gasteiger partial charge < -0.3 is 18.9 Å². The molecular formula is C69H87ClN8O8+2. The number of fused-ring (bicyclic) bond motifs is 4. The first kappa shape index (κ1) is 65.4. The molecule has 0 unspecified atom stereocenters. The summed E-state index contributed by atoms with van der Waals surface area (Å²) >= 11 is 0. The molecule has 6 aromatic carbocycles. The van der Waals surface area contributed by atoms with Crippen LogP contribution in [-0.4, -0.2) is 69.8 Å². The minimum absolute atomic E-state index is 0. The van der Waals surface area contributed by atoms with E-state index in [2.05, 4.69) is 19.8 Å². The zero-order valence-electron chi connectivity index (χ0n) is 53.1. The van der Waals surface area contributed by atoms with E-state index in [1.54, 1.807) is 9.80 Å². The largest absolute Gasteiger partial charge is 0.444 e. The van der Waals surface area contributed by atoms with Gasteiger partial charge in [-0.3, -0.25) is 20.4 Å². The fourth-order valence-electron chi connectivity index (χ4n) is 10.5. The van der Waals surface area contributed by atoms with Crippen LogP contribution in [-0.2, 0) is 18.9 Å². The number of aromatic nitrogens is 4. The number of rotatable bonds is 16. The number of halogens is 1. The Hall–Kier alpha value is -8.11. The van der Waals surface area contributed by atoms with E-state index in [4.69, 9.17) is 28.9 Å². The fourth-order valence-corrected chi connectivity index (χ4v) is 10.5. The van der Waals surface area contributed by atoms with Crippen LogP contribution in [0.2, 0.25) is 0 Å². The van der Waals surface area contributed by atoms with E-state index in [9.17, 15) is 19.2 Å². The molecule has 0 spiro atoms. The summed E-state index contributed by atoms with van der Waals surface area (Å²) in [6, 6.07) is 35.8. The molecule has 0 bridgehead atoms. The molecule has 2 N–H and O–H groups in total. The molecule has 8 aromatic rings. The van der Waals surface area contributed by atoms with Crippen molar-refractivity contribution >= 4 is 104 Å². The van der Waals surface area contributed by atoms with Gasteiger partial charge in [0.2, 0.25) is 33.4 Å². The smallest absolute Gasteiger partial charge is 0.414 e. The lowest BCUT2D eigenvalue weighted by atomic mass is 10.1. The first-order valence-electron chi connectivity index (χ1n) is 29.7. The Morgan fingerprint density at radius 3 is 1.24 bits per heavy atom. The number of hydrogen-bond donors (Lipinski definition) is 2. The standard InChI is InChI=1S/C69H84N8O8.ClH/c1-44-38-53-58(41-51(44)72-62(78)82-66(5,6)7)76(48-30-24-22-25-31-48)60-43-57(46(3)40-55(60)71-53)75(65(81)85-69(14,15)16)37-29-21-19-17-18-20-28-36-74(64(80)84-68(11,12)13)56-35-34-50-61(47(56)4)77(49-32-26-23-27-33-49)59-42-52(45(2)39-54(59)70-50)73-63(79)83-67(8,9)10;/h22-27,30-35,38-43H,17-21,28-29,36-37H2,1-16H3;1H/p+2. The predicted molar refractivity (Wildman–Crippen MR) is 347 cm³/mol. The minimum Gasteiger partial charge on any atom is -0.444 e. The Morgan fingerprint density at radius 2 is 0.802 bits per heavy atom. The molecule has 8 rings (SSSR count). The summed E-state index contributed by atoms with van der Waals surface area (Å²) in [5.41, 5.74) is 11.1. The third-order valence-electron chi connectivity index (χ3n) is 14.1. The van der Waals surface area contributed by atoms with E-state index >= 15 is 0 Å². The van der Waals surface area contributed by atoms with Gasteiger partial charge in [0.1, 0.15) is 44.5 Å². The quantitative estimate of drug-likeness (QED) is 0.0411. The van der Waals surface area contributed by atoms with Gasteiger partial charge >= 0.3 is 24.4 Å². The summed E-state index contributed by atoms with van der Waals surface area (Å²) in [7, 11) is 0. The third kappa shape index (κ3) is 16.4. The van der Waals surface area contributed by atoms with Crippen molar-refractivity contribution < 1.29 is 47.3 Å². The van der Waals surface area contributed by atoms with Crippen LogP contribution in [0.15, 0.2) is 109 Å². The van der Waals surface area contributed by atoms with Crippen molar-refractivity contribution in [2.45, 2.75) is 178 Å². The molecule has 2 heterocycles. The second-order valence-electron chi connectivity index (χ2n) is 26.1. The molecule has 2 aromatic heterocycles. The van der Waals surface area contributed by atoms with Gasteiger partial charge in [-0.2, -0.15) is 0 Å². The van der Waals surface area contributed by atoms with Gasteiger partial charge in [-0.05, 0) is 171 Å². The number of nitrogens with zero attached hydrogens (tertiary/aromatic N) is 6. The molecular weight excluding hydrogens is 1100 g/mol. The maximum Gasteiger partial charge on any atom is 0.414 e. The van der Waals surface area contributed by atoms with Crippen molar-refractivity contribution in [1.82, 2.24) is 9.97 Å². The maximum absolute atomic E-state index is 14.3. The van der Waals surface area contributed by atoms with E-state index in [0.717, 1.165) is 134 Å². The van der Waals surface area contributed by atoms with Gasteiger partial charge in [0.15, 0.2) is 0 Å². The van der Waals surface area contributed by atoms with Crippen molar-refractivity contribution in [3.8, 4) is 11.4 Å². The molecule has 0 aliphatic heterocycles. The first-order chi connectivity index (χ1) is 39.9. The second-order valence-corrected chi connectivity index (χ2v) is 26.1. The van der Waals surface area contributed by atoms with E-state index in [1.807, 2.05) is 220 Å². The molecule has 0 saturated heterocycles. The van der Waals surface area contributed by atoms with Crippen molar-refractivity contribution in [1.29, 1.82) is 0 Å². The number of ether oxygens (including phenoxy) is 4. The van der Waals surface area contributed by atoms with Crippen LogP contribution in [0, 0.1) is 27.7 Å². The highest BCUT2D eigenvalue weighted by Gasteiger charge is 2.32. The zero-order chi connectivity index (χ0) is 61.8. The van der Waals surface area contributed by atoms with Gasteiger partial charge in [-0.1, -0.05) is 68.5 Å². The molecule has 4 amide bonds. The van der Waals surface area contributed by atoms with Crippen molar-refractivity contribution in [2.75, 3.05) is 33.5 Å². The first-order valence-corrected chi connectivity index (χ1v) is 29.7. The summed E-state index contributed by atoms with van der Waals surface area (Å²) in [6.45, 7) is 31.0. The highest BCUT2D eigenvalue weighted by Crippen LogP contribution is 2.34. The number of anilines is 4. The number of hydrogen-bond acceptors (Lipinski definition) is 10. The van der Waals surface area contributed by atoms with Gasteiger partial charge in [0.25, 0.3) is 0 Å². The summed E-state index contributed by atoms with van der Waals surface area (Å²) in [5.74, 6) is 0. The molecule has 0 aliphatic carbocycles. The third-order valence-corrected chi connectivity index (χ3v) is 14.1. The fraction of sp³-hybridized carbons (Fsp3) is 0.420. The number of amides is 4. The SMILES string of the molecule is Cc1cc2nc3cc(C)c(N(CCCCCCCCCN(C(=O)OC(C)(C)C)c4ccc5nc6cc(C)c(NC(=O)OC(C)(C)C)cc6[n+](-c6ccccc6)c5c4C)C(=O)OC(C)(C)C)cc3[n+](-c3ccccc3)c2cc1NC(=O)OC(C)(C)C.Cl. The van der Waals surface area contributed by atoms with Crippen LogP contribution >= 0.6 is 12.4 Å². The molecule has 0 atom stereocenters. The summed E-state index contributed by atoms with van der Waals surface area (Å²) in [6.07, 6.45) is 4.18. The number of carbonyl (C=O) groups is 4. The van der Waals surface area contributed by atoms with E-state index in [1.165, 1.54) is 0 Å². The average molecular weight is 1190 g/mol. The normalized spacial score (nSPS) is 12.0. The van der Waals surface area contributed by atoms with Gasteiger partial charge in [-0.25, -0.2) is 29.1 Å². The molecule has 17 heteroatoms. The second kappa shape index (κ2) is 26.7. The summed E-state index contributed by atoms with van der Waals surface area (Å²) in [5, 5.41) is 5.91. The lowest BCUT2D eigenvalue weighted by Crippen LogP contribution is -2.39. The number of nitrogens with one attached hydrogen (secondary N) is 2. The van der Waals surface area contributed by atoms with E-state index in [0.29, 0.717) is 24.5 Å². The summed E-state index contributed by atoms with van der Waals surface area (Å²) < 4.78 is 27.7. The molecule has 0 aliphatic rings. The highest BCUT2D eigenvalue weighted by atomic mass is 35.5. The number of benzene rings is 6. The average Bonchev–Trinajstić information content (AvgIpc) is 1.09. The Labute approximate surface area is 513 Å². The van der Waals surface area contributed by atoms with Crippen LogP contribution in [0.25, 0.3) is 55.5 Å². The van der Waals surface area contributed by atoms with Gasteiger partial charge in [0, 0.05) is 61.1 Å². The Balaban J connectivity index is 0.0000106. The number of aryl methyl sites for hydroxylation is 4. The molecule has 16 nitrogen and oxygen atoms in total. The van der Waals surface area contributed by atoms with Crippen molar-refractivity contribution in [2.24, 2.45) is 0 Å². The molecule has 0 saturated carbocycles.